The molecule has 1 heterocycles. The summed E-state index contributed by atoms with van der Waals surface area (Å²) in [7, 11) is 0. The number of rotatable bonds is 5. The van der Waals surface area contributed by atoms with Gasteiger partial charge in [-0.3, -0.25) is 14.5 Å². The van der Waals surface area contributed by atoms with E-state index in [1.807, 2.05) is 13.8 Å². The van der Waals surface area contributed by atoms with Gasteiger partial charge in [0.05, 0.1) is 11.1 Å². The SMILES string of the molecule is CC(=O)CCC(C(=O)O)N1C(=O)c2c(C)c(C)c(C)c(C)c2C1=O. The van der Waals surface area contributed by atoms with Crippen molar-refractivity contribution in [2.45, 2.75) is 53.5 Å². The first-order chi connectivity index (χ1) is 11.1. The Balaban J connectivity index is 2.57. The predicted octanol–water partition coefficient (Wildman–Crippen LogP) is 2.34. The fraction of sp³-hybridized carbons (Fsp3) is 0.444. The van der Waals surface area contributed by atoms with E-state index in [1.54, 1.807) is 13.8 Å². The Morgan fingerprint density at radius 2 is 1.33 bits per heavy atom. The molecule has 1 aliphatic rings. The number of hydrogen-bond acceptors (Lipinski definition) is 4. The molecule has 1 atom stereocenters. The molecule has 1 aromatic rings. The van der Waals surface area contributed by atoms with Crippen molar-refractivity contribution in [3.63, 3.8) is 0 Å². The molecule has 24 heavy (non-hydrogen) atoms. The molecule has 0 spiro atoms. The van der Waals surface area contributed by atoms with Crippen molar-refractivity contribution >= 4 is 23.6 Å². The Morgan fingerprint density at radius 1 is 0.917 bits per heavy atom. The Morgan fingerprint density at radius 3 is 1.67 bits per heavy atom. The monoisotopic (exact) mass is 331 g/mol. The van der Waals surface area contributed by atoms with Crippen molar-refractivity contribution in [1.29, 1.82) is 0 Å². The number of imide groups is 1. The van der Waals surface area contributed by atoms with Crippen LogP contribution in [0, 0.1) is 27.7 Å². The molecule has 2 amide bonds. The highest BCUT2D eigenvalue weighted by molar-refractivity contribution is 6.24. The van der Waals surface area contributed by atoms with Crippen LogP contribution in [0.3, 0.4) is 0 Å². The van der Waals surface area contributed by atoms with Gasteiger partial charge in [-0.15, -0.1) is 0 Å². The number of carboxylic acid groups (broad SMARTS) is 1. The molecule has 1 N–H and O–H groups in total. The molecule has 2 rings (SSSR count). The summed E-state index contributed by atoms with van der Waals surface area (Å²) in [5.74, 6) is -2.64. The van der Waals surface area contributed by atoms with E-state index in [0.29, 0.717) is 11.1 Å². The number of aliphatic carboxylic acids is 1. The second-order valence-corrected chi connectivity index (χ2v) is 6.33. The first-order valence-electron chi connectivity index (χ1n) is 7.80. The Kier molecular flexibility index (Phi) is 4.60. The molecule has 0 saturated carbocycles. The van der Waals surface area contributed by atoms with E-state index < -0.39 is 23.8 Å². The van der Waals surface area contributed by atoms with Gasteiger partial charge >= 0.3 is 5.97 Å². The molecule has 6 heteroatoms. The molecule has 1 aromatic carbocycles. The molecule has 0 aliphatic carbocycles. The van der Waals surface area contributed by atoms with Crippen molar-refractivity contribution in [3.8, 4) is 0 Å². The van der Waals surface area contributed by atoms with Crippen LogP contribution in [-0.4, -0.2) is 39.6 Å². The van der Waals surface area contributed by atoms with Gasteiger partial charge in [0.25, 0.3) is 11.8 Å². The van der Waals surface area contributed by atoms with Gasteiger partial charge in [-0.25, -0.2) is 4.79 Å². The number of carboxylic acids is 1. The number of carbonyl (C=O) groups excluding carboxylic acids is 3. The summed E-state index contributed by atoms with van der Waals surface area (Å²) in [5.41, 5.74) is 3.81. The van der Waals surface area contributed by atoms with Crippen LogP contribution in [0.15, 0.2) is 0 Å². The molecule has 0 saturated heterocycles. The van der Waals surface area contributed by atoms with Gasteiger partial charge in [0, 0.05) is 6.42 Å². The van der Waals surface area contributed by atoms with Crippen LogP contribution >= 0.6 is 0 Å². The minimum absolute atomic E-state index is 0.000389. The fourth-order valence-electron chi connectivity index (χ4n) is 3.17. The highest BCUT2D eigenvalue weighted by atomic mass is 16.4. The summed E-state index contributed by atoms with van der Waals surface area (Å²) in [6.07, 6.45) is -0.0768. The van der Waals surface area contributed by atoms with Crippen molar-refractivity contribution in [2.75, 3.05) is 0 Å². The average Bonchev–Trinajstić information content (AvgIpc) is 2.75. The smallest absolute Gasteiger partial charge is 0.326 e. The van der Waals surface area contributed by atoms with Crippen LogP contribution in [0.1, 0.15) is 62.7 Å². The second kappa shape index (κ2) is 6.19. The third-order valence-corrected chi connectivity index (χ3v) is 4.92. The van der Waals surface area contributed by atoms with Crippen molar-refractivity contribution < 1.29 is 24.3 Å². The number of carbonyl (C=O) groups is 4. The average molecular weight is 331 g/mol. The Labute approximate surface area is 140 Å². The maximum Gasteiger partial charge on any atom is 0.326 e. The largest absolute Gasteiger partial charge is 0.480 e. The maximum absolute atomic E-state index is 12.8. The van der Waals surface area contributed by atoms with Gasteiger partial charge in [0.2, 0.25) is 0 Å². The molecule has 0 radical (unpaired) electrons. The predicted molar refractivity (Wildman–Crippen MR) is 87.2 cm³/mol. The van der Waals surface area contributed by atoms with Crippen LogP contribution in [0.25, 0.3) is 0 Å². The van der Waals surface area contributed by atoms with Gasteiger partial charge in [0.15, 0.2) is 0 Å². The lowest BCUT2D eigenvalue weighted by molar-refractivity contribution is -0.141. The van der Waals surface area contributed by atoms with E-state index >= 15 is 0 Å². The van der Waals surface area contributed by atoms with Gasteiger partial charge in [-0.1, -0.05) is 0 Å². The number of ketones is 1. The first-order valence-corrected chi connectivity index (χ1v) is 7.80. The molecule has 1 aliphatic heterocycles. The third-order valence-electron chi connectivity index (χ3n) is 4.92. The van der Waals surface area contributed by atoms with Gasteiger partial charge < -0.3 is 9.90 Å². The van der Waals surface area contributed by atoms with Gasteiger partial charge in [-0.05, 0) is 63.3 Å². The van der Waals surface area contributed by atoms with Crippen LogP contribution < -0.4 is 0 Å². The molecule has 0 aromatic heterocycles. The minimum atomic E-state index is -1.33. The zero-order valence-corrected chi connectivity index (χ0v) is 14.5. The van der Waals surface area contributed by atoms with E-state index in [-0.39, 0.29) is 29.8 Å². The van der Waals surface area contributed by atoms with Crippen molar-refractivity contribution in [1.82, 2.24) is 4.90 Å². The summed E-state index contributed by atoms with van der Waals surface area (Å²) in [6.45, 7) is 8.63. The molecule has 0 bridgehead atoms. The zero-order valence-electron chi connectivity index (χ0n) is 14.5. The second-order valence-electron chi connectivity index (χ2n) is 6.33. The summed E-state index contributed by atoms with van der Waals surface area (Å²) in [6, 6.07) is -1.33. The molecule has 1 unspecified atom stereocenters. The fourth-order valence-corrected chi connectivity index (χ4v) is 3.17. The quantitative estimate of drug-likeness (QED) is 0.836. The number of benzene rings is 1. The lowest BCUT2D eigenvalue weighted by Crippen LogP contribution is -2.45. The highest BCUT2D eigenvalue weighted by Gasteiger charge is 2.45. The number of hydrogen-bond donors (Lipinski definition) is 1. The minimum Gasteiger partial charge on any atom is -0.480 e. The van der Waals surface area contributed by atoms with Crippen LogP contribution in [0.4, 0.5) is 0 Å². The van der Waals surface area contributed by atoms with Crippen molar-refractivity contribution in [2.24, 2.45) is 0 Å². The number of nitrogens with zero attached hydrogens (tertiary/aromatic N) is 1. The lowest BCUT2D eigenvalue weighted by Gasteiger charge is -2.22. The summed E-state index contributed by atoms with van der Waals surface area (Å²) in [5, 5.41) is 9.45. The topological polar surface area (TPSA) is 91.8 Å². The van der Waals surface area contributed by atoms with Crippen LogP contribution in [-0.2, 0) is 9.59 Å². The van der Waals surface area contributed by atoms with Crippen LogP contribution in [0.5, 0.6) is 0 Å². The van der Waals surface area contributed by atoms with Gasteiger partial charge in [-0.2, -0.15) is 0 Å². The van der Waals surface area contributed by atoms with E-state index in [2.05, 4.69) is 0 Å². The van der Waals surface area contributed by atoms with E-state index in [9.17, 15) is 24.3 Å². The van der Waals surface area contributed by atoms with Crippen LogP contribution in [0.2, 0.25) is 0 Å². The molecule has 6 nitrogen and oxygen atoms in total. The zero-order chi connectivity index (χ0) is 18.3. The third kappa shape index (κ3) is 2.62. The normalized spacial score (nSPS) is 14.8. The highest BCUT2D eigenvalue weighted by Crippen LogP contribution is 2.35. The Hall–Kier alpha value is -2.50. The number of Topliss-reactive ketones (excluding diaryl/α,β-unsaturated/α-hetero) is 1. The number of amides is 2. The lowest BCUT2D eigenvalue weighted by atomic mass is 9.90. The summed E-state index contributed by atoms with van der Waals surface area (Å²) in [4.78, 5) is 49.2. The number of fused-ring (bicyclic) bond motifs is 1. The van der Waals surface area contributed by atoms with E-state index in [4.69, 9.17) is 0 Å². The molecular formula is C18H21NO5. The summed E-state index contributed by atoms with van der Waals surface area (Å²) >= 11 is 0. The van der Waals surface area contributed by atoms with E-state index in [0.717, 1.165) is 16.0 Å². The Bertz CT molecular complexity index is 731. The molecular weight excluding hydrogens is 310 g/mol. The van der Waals surface area contributed by atoms with Gasteiger partial charge in [0.1, 0.15) is 11.8 Å². The first kappa shape index (κ1) is 17.8. The molecule has 128 valence electrons. The standard InChI is InChI=1S/C18H21NO5/c1-8(20)6-7-13(18(23)24)19-16(21)14-11(4)9(2)10(3)12(5)15(14)17(19)22/h13H,6-7H2,1-5H3,(H,23,24). The van der Waals surface area contributed by atoms with E-state index in [1.165, 1.54) is 6.92 Å². The summed E-state index contributed by atoms with van der Waals surface area (Å²) < 4.78 is 0. The van der Waals surface area contributed by atoms with Crippen molar-refractivity contribution in [3.05, 3.63) is 33.4 Å². The molecule has 0 fully saturated rings. The maximum atomic E-state index is 12.8.